The maximum Gasteiger partial charge on any atom is 0.270 e. The third-order valence-corrected chi connectivity index (χ3v) is 2.59. The van der Waals surface area contributed by atoms with Gasteiger partial charge in [-0.3, -0.25) is 14.4 Å². The van der Waals surface area contributed by atoms with Gasteiger partial charge in [0.25, 0.3) is 5.91 Å². The second-order valence-corrected chi connectivity index (χ2v) is 4.95. The SMILES string of the molecule is CC(C)CNC(=O)CN(C)C(=O)C1=NNC(=O)CC1. The zero-order chi connectivity index (χ0) is 14.4. The highest BCUT2D eigenvalue weighted by atomic mass is 16.2. The molecule has 106 valence electrons. The van der Waals surface area contributed by atoms with Gasteiger partial charge in [-0.05, 0) is 5.92 Å². The fourth-order valence-corrected chi connectivity index (χ4v) is 1.51. The van der Waals surface area contributed by atoms with Crippen LogP contribution in [0.1, 0.15) is 26.7 Å². The van der Waals surface area contributed by atoms with Crippen molar-refractivity contribution in [2.45, 2.75) is 26.7 Å². The fourth-order valence-electron chi connectivity index (χ4n) is 1.51. The Morgan fingerprint density at radius 3 is 2.63 bits per heavy atom. The largest absolute Gasteiger partial charge is 0.354 e. The summed E-state index contributed by atoms with van der Waals surface area (Å²) >= 11 is 0. The maximum absolute atomic E-state index is 11.9. The van der Waals surface area contributed by atoms with Crippen molar-refractivity contribution in [1.29, 1.82) is 0 Å². The van der Waals surface area contributed by atoms with Crippen LogP contribution in [0.3, 0.4) is 0 Å². The molecule has 0 saturated carbocycles. The summed E-state index contributed by atoms with van der Waals surface area (Å²) in [5.41, 5.74) is 2.54. The first-order chi connectivity index (χ1) is 8.90. The Hall–Kier alpha value is -1.92. The third-order valence-electron chi connectivity index (χ3n) is 2.59. The van der Waals surface area contributed by atoms with Gasteiger partial charge < -0.3 is 10.2 Å². The molecule has 0 aromatic carbocycles. The van der Waals surface area contributed by atoms with E-state index in [9.17, 15) is 14.4 Å². The van der Waals surface area contributed by atoms with Crippen molar-refractivity contribution in [2.24, 2.45) is 11.0 Å². The Morgan fingerprint density at radius 1 is 1.42 bits per heavy atom. The summed E-state index contributed by atoms with van der Waals surface area (Å²) in [4.78, 5) is 35.7. The molecule has 0 bridgehead atoms. The number of hydrogen-bond donors (Lipinski definition) is 2. The molecule has 0 atom stereocenters. The fraction of sp³-hybridized carbons (Fsp3) is 0.667. The van der Waals surface area contributed by atoms with Crippen LogP contribution in [0.25, 0.3) is 0 Å². The average Bonchev–Trinajstić information content (AvgIpc) is 2.36. The quantitative estimate of drug-likeness (QED) is 0.703. The van der Waals surface area contributed by atoms with Crippen molar-refractivity contribution in [2.75, 3.05) is 20.1 Å². The lowest BCUT2D eigenvalue weighted by Gasteiger charge is -2.19. The smallest absolute Gasteiger partial charge is 0.270 e. The van der Waals surface area contributed by atoms with Gasteiger partial charge in [0, 0.05) is 26.4 Å². The number of carbonyl (C=O) groups is 3. The molecule has 3 amide bonds. The predicted octanol–water partition coefficient (Wildman–Crippen LogP) is -0.517. The molecule has 19 heavy (non-hydrogen) atoms. The number of amides is 3. The van der Waals surface area contributed by atoms with Gasteiger partial charge in [0.05, 0.1) is 6.54 Å². The van der Waals surface area contributed by atoms with E-state index < -0.39 is 0 Å². The Kier molecular flexibility index (Phi) is 5.47. The molecule has 0 saturated heterocycles. The molecule has 0 aliphatic carbocycles. The average molecular weight is 268 g/mol. The van der Waals surface area contributed by atoms with Crippen LogP contribution in [0.2, 0.25) is 0 Å². The van der Waals surface area contributed by atoms with Crippen molar-refractivity contribution < 1.29 is 14.4 Å². The van der Waals surface area contributed by atoms with E-state index in [0.29, 0.717) is 18.9 Å². The number of nitrogens with zero attached hydrogens (tertiary/aromatic N) is 2. The molecule has 7 nitrogen and oxygen atoms in total. The molecule has 0 aromatic rings. The number of carbonyl (C=O) groups excluding carboxylic acids is 3. The standard InChI is InChI=1S/C12H20N4O3/c1-8(2)6-13-11(18)7-16(3)12(19)9-4-5-10(17)15-14-9/h8H,4-7H2,1-3H3,(H,13,18)(H,15,17). The summed E-state index contributed by atoms with van der Waals surface area (Å²) in [6, 6.07) is 0. The third kappa shape index (κ3) is 5.07. The van der Waals surface area contributed by atoms with Crippen molar-refractivity contribution in [1.82, 2.24) is 15.6 Å². The van der Waals surface area contributed by atoms with Gasteiger partial charge in [0.1, 0.15) is 5.71 Å². The Balaban J connectivity index is 2.44. The van der Waals surface area contributed by atoms with Crippen LogP contribution >= 0.6 is 0 Å². The van der Waals surface area contributed by atoms with Crippen LogP contribution in [-0.4, -0.2) is 48.5 Å². The van der Waals surface area contributed by atoms with E-state index in [1.54, 1.807) is 0 Å². The monoisotopic (exact) mass is 268 g/mol. The molecule has 1 aliphatic heterocycles. The van der Waals surface area contributed by atoms with E-state index in [1.807, 2.05) is 13.8 Å². The Bertz CT molecular complexity index is 404. The van der Waals surface area contributed by atoms with Gasteiger partial charge in [-0.25, -0.2) is 5.43 Å². The number of hydrogen-bond acceptors (Lipinski definition) is 4. The molecule has 1 heterocycles. The topological polar surface area (TPSA) is 90.9 Å². The predicted molar refractivity (Wildman–Crippen MR) is 70.3 cm³/mol. The molecule has 2 N–H and O–H groups in total. The summed E-state index contributed by atoms with van der Waals surface area (Å²) in [6.45, 7) is 4.56. The highest BCUT2D eigenvalue weighted by molar-refractivity contribution is 6.39. The molecule has 0 radical (unpaired) electrons. The molecule has 0 unspecified atom stereocenters. The van der Waals surface area contributed by atoms with Gasteiger partial charge in [-0.15, -0.1) is 0 Å². The highest BCUT2D eigenvalue weighted by Crippen LogP contribution is 2.02. The second-order valence-electron chi connectivity index (χ2n) is 4.95. The van der Waals surface area contributed by atoms with Crippen LogP contribution < -0.4 is 10.7 Å². The molecule has 0 aromatic heterocycles. The number of rotatable bonds is 5. The lowest BCUT2D eigenvalue weighted by atomic mass is 10.1. The van der Waals surface area contributed by atoms with E-state index in [0.717, 1.165) is 0 Å². The normalized spacial score (nSPS) is 14.7. The first-order valence-electron chi connectivity index (χ1n) is 6.27. The molecule has 0 spiro atoms. The van der Waals surface area contributed by atoms with Crippen LogP contribution in [0.15, 0.2) is 5.10 Å². The summed E-state index contributed by atoms with van der Waals surface area (Å²) in [6.07, 6.45) is 0.556. The lowest BCUT2D eigenvalue weighted by molar-refractivity contribution is -0.130. The van der Waals surface area contributed by atoms with E-state index >= 15 is 0 Å². The van der Waals surface area contributed by atoms with E-state index in [4.69, 9.17) is 0 Å². The van der Waals surface area contributed by atoms with Gasteiger partial charge in [-0.2, -0.15) is 5.10 Å². The minimum Gasteiger partial charge on any atom is -0.354 e. The van der Waals surface area contributed by atoms with Gasteiger partial charge in [-0.1, -0.05) is 13.8 Å². The summed E-state index contributed by atoms with van der Waals surface area (Å²) in [5, 5.41) is 6.44. The number of nitrogens with one attached hydrogen (secondary N) is 2. The summed E-state index contributed by atoms with van der Waals surface area (Å²) in [7, 11) is 1.54. The Morgan fingerprint density at radius 2 is 2.11 bits per heavy atom. The molecular formula is C12H20N4O3. The van der Waals surface area contributed by atoms with Crippen molar-refractivity contribution in [3.8, 4) is 0 Å². The first-order valence-corrected chi connectivity index (χ1v) is 6.27. The maximum atomic E-state index is 11.9. The second kappa shape index (κ2) is 6.86. The van der Waals surface area contributed by atoms with Crippen LogP contribution in [0.5, 0.6) is 0 Å². The minimum absolute atomic E-state index is 0.0154. The van der Waals surface area contributed by atoms with Gasteiger partial charge in [0.2, 0.25) is 11.8 Å². The zero-order valence-corrected chi connectivity index (χ0v) is 11.5. The van der Waals surface area contributed by atoms with Gasteiger partial charge in [0.15, 0.2) is 0 Å². The van der Waals surface area contributed by atoms with E-state index in [1.165, 1.54) is 11.9 Å². The summed E-state index contributed by atoms with van der Waals surface area (Å²) in [5.74, 6) is -0.374. The summed E-state index contributed by atoms with van der Waals surface area (Å²) < 4.78 is 0. The van der Waals surface area contributed by atoms with Crippen molar-refractivity contribution >= 4 is 23.4 Å². The number of hydrazone groups is 1. The van der Waals surface area contributed by atoms with Crippen LogP contribution in [-0.2, 0) is 14.4 Å². The van der Waals surface area contributed by atoms with E-state index in [2.05, 4.69) is 15.8 Å². The van der Waals surface area contributed by atoms with E-state index in [-0.39, 0.29) is 36.4 Å². The number of likely N-dealkylation sites (N-methyl/N-ethyl adjacent to an activating group) is 1. The highest BCUT2D eigenvalue weighted by Gasteiger charge is 2.22. The van der Waals surface area contributed by atoms with Crippen LogP contribution in [0, 0.1) is 5.92 Å². The molecule has 0 fully saturated rings. The first kappa shape index (κ1) is 15.1. The minimum atomic E-state index is -0.334. The molecule has 1 rings (SSSR count). The van der Waals surface area contributed by atoms with Crippen molar-refractivity contribution in [3.63, 3.8) is 0 Å². The Labute approximate surface area is 112 Å². The van der Waals surface area contributed by atoms with Crippen LogP contribution in [0.4, 0.5) is 0 Å². The zero-order valence-electron chi connectivity index (χ0n) is 11.5. The van der Waals surface area contributed by atoms with Gasteiger partial charge >= 0.3 is 0 Å². The molecule has 7 heteroatoms. The molecule has 1 aliphatic rings. The lowest BCUT2D eigenvalue weighted by Crippen LogP contribution is -2.43. The van der Waals surface area contributed by atoms with Crippen molar-refractivity contribution in [3.05, 3.63) is 0 Å². The molecular weight excluding hydrogens is 248 g/mol.